The minimum absolute atomic E-state index is 0.0961. The number of alkyl halides is 3. The summed E-state index contributed by atoms with van der Waals surface area (Å²) in [6.07, 6.45) is 0. The molecule has 1 heterocycles. The molecule has 0 radical (unpaired) electrons. The first-order valence-electron chi connectivity index (χ1n) is 6.80. The molecule has 0 saturated carbocycles. The van der Waals surface area contributed by atoms with E-state index in [1.165, 1.54) is 24.3 Å². The van der Waals surface area contributed by atoms with Crippen LogP contribution in [-0.2, 0) is 16.6 Å². The van der Waals surface area contributed by atoms with Crippen LogP contribution < -0.4 is 5.56 Å². The van der Waals surface area contributed by atoms with Crippen LogP contribution in [0.5, 0.6) is 0 Å². The average Bonchev–Trinajstić information content (AvgIpc) is 2.81. The highest BCUT2D eigenvalue weighted by atomic mass is 32.2. The zero-order valence-corrected chi connectivity index (χ0v) is 12.9. The fourth-order valence-corrected chi connectivity index (χ4v) is 3.35. The molecule has 2 aromatic carbocycles. The Morgan fingerprint density at radius 2 is 1.50 bits per heavy atom. The van der Waals surface area contributed by atoms with Gasteiger partial charge in [0.1, 0.15) is 0 Å². The Kier molecular flexibility index (Phi) is 3.75. The van der Waals surface area contributed by atoms with E-state index < -0.39 is 21.1 Å². The molecule has 0 saturated heterocycles. The molecule has 24 heavy (non-hydrogen) atoms. The third-order valence-electron chi connectivity index (χ3n) is 3.50. The van der Waals surface area contributed by atoms with Gasteiger partial charge in [-0.2, -0.15) is 21.6 Å². The first-order chi connectivity index (χ1) is 11.2. The lowest BCUT2D eigenvalue weighted by atomic mass is 10.2. The van der Waals surface area contributed by atoms with Crippen LogP contribution in [0.15, 0.2) is 59.4 Å². The van der Waals surface area contributed by atoms with Crippen LogP contribution in [0.25, 0.3) is 10.9 Å². The highest BCUT2D eigenvalue weighted by Gasteiger charge is 2.49. The van der Waals surface area contributed by atoms with Gasteiger partial charge in [0.15, 0.2) is 0 Å². The molecule has 0 atom stereocenters. The van der Waals surface area contributed by atoms with E-state index in [0.717, 1.165) is 4.68 Å². The van der Waals surface area contributed by atoms with Crippen LogP contribution in [0.3, 0.4) is 0 Å². The smallest absolute Gasteiger partial charge is 0.266 e. The number of fused-ring (bicyclic) bond motifs is 1. The SMILES string of the molecule is O=c1c2ccccc2n(Cc2ccccc2)n1S(=O)(=O)C(F)(F)F. The van der Waals surface area contributed by atoms with E-state index in [2.05, 4.69) is 0 Å². The number of benzene rings is 2. The molecule has 0 amide bonds. The molecule has 0 aliphatic heterocycles. The van der Waals surface area contributed by atoms with E-state index in [1.54, 1.807) is 30.3 Å². The molecule has 1 aromatic heterocycles. The van der Waals surface area contributed by atoms with Crippen LogP contribution in [-0.4, -0.2) is 22.7 Å². The fourth-order valence-electron chi connectivity index (χ4n) is 2.43. The largest absolute Gasteiger partial charge is 0.518 e. The van der Waals surface area contributed by atoms with Gasteiger partial charge in [0.25, 0.3) is 5.56 Å². The summed E-state index contributed by atoms with van der Waals surface area (Å²) in [5.74, 6) is 0. The predicted octanol–water partition coefficient (Wildman–Crippen LogP) is 2.55. The molecule has 0 aliphatic carbocycles. The lowest BCUT2D eigenvalue weighted by Crippen LogP contribution is -2.39. The van der Waals surface area contributed by atoms with Gasteiger partial charge in [-0.15, -0.1) is 4.09 Å². The second kappa shape index (κ2) is 5.52. The molecule has 0 fully saturated rings. The second-order valence-electron chi connectivity index (χ2n) is 5.06. The van der Waals surface area contributed by atoms with Crippen LogP contribution in [0.1, 0.15) is 5.56 Å². The Balaban J connectivity index is 2.35. The zero-order chi connectivity index (χ0) is 17.5. The van der Waals surface area contributed by atoms with E-state index >= 15 is 0 Å². The molecule has 0 unspecified atom stereocenters. The van der Waals surface area contributed by atoms with Crippen molar-refractivity contribution in [2.45, 2.75) is 12.1 Å². The number of rotatable bonds is 3. The molecular weight excluding hydrogens is 345 g/mol. The summed E-state index contributed by atoms with van der Waals surface area (Å²) in [6, 6.07) is 14.0. The maximum absolute atomic E-state index is 13.0. The quantitative estimate of drug-likeness (QED) is 0.725. The summed E-state index contributed by atoms with van der Waals surface area (Å²) in [4.78, 5) is 12.3. The highest BCUT2D eigenvalue weighted by Crippen LogP contribution is 2.26. The Morgan fingerprint density at radius 1 is 0.917 bits per heavy atom. The third kappa shape index (κ3) is 2.50. The number of aromatic nitrogens is 2. The van der Waals surface area contributed by atoms with E-state index in [-0.39, 0.29) is 21.5 Å². The first kappa shape index (κ1) is 16.3. The summed E-state index contributed by atoms with van der Waals surface area (Å²) in [6.45, 7) is -0.196. The summed E-state index contributed by atoms with van der Waals surface area (Å²) in [5.41, 5.74) is -6.14. The summed E-state index contributed by atoms with van der Waals surface area (Å²) in [7, 11) is -5.85. The van der Waals surface area contributed by atoms with Crippen LogP contribution in [0.4, 0.5) is 13.2 Å². The Morgan fingerprint density at radius 3 is 2.12 bits per heavy atom. The molecule has 126 valence electrons. The fraction of sp³-hybridized carbons (Fsp3) is 0.133. The van der Waals surface area contributed by atoms with Crippen molar-refractivity contribution < 1.29 is 21.6 Å². The van der Waals surface area contributed by atoms with E-state index in [0.29, 0.717) is 5.56 Å². The van der Waals surface area contributed by atoms with E-state index in [1.807, 2.05) is 0 Å². The molecule has 0 aliphatic rings. The van der Waals surface area contributed by atoms with Crippen molar-refractivity contribution >= 4 is 20.9 Å². The van der Waals surface area contributed by atoms with Gasteiger partial charge in [-0.25, -0.2) is 0 Å². The molecule has 9 heteroatoms. The van der Waals surface area contributed by atoms with Crippen molar-refractivity contribution in [3.8, 4) is 0 Å². The van der Waals surface area contributed by atoms with Gasteiger partial charge in [0.05, 0.1) is 17.4 Å². The van der Waals surface area contributed by atoms with Gasteiger partial charge in [-0.3, -0.25) is 9.48 Å². The summed E-state index contributed by atoms with van der Waals surface area (Å²) < 4.78 is 63.3. The summed E-state index contributed by atoms with van der Waals surface area (Å²) >= 11 is 0. The number of hydrogen-bond donors (Lipinski definition) is 0. The minimum atomic E-state index is -5.85. The normalized spacial score (nSPS) is 12.6. The van der Waals surface area contributed by atoms with E-state index in [9.17, 15) is 26.4 Å². The van der Waals surface area contributed by atoms with E-state index in [4.69, 9.17) is 0 Å². The Bertz CT molecular complexity index is 1050. The van der Waals surface area contributed by atoms with Crippen molar-refractivity contribution in [1.29, 1.82) is 0 Å². The van der Waals surface area contributed by atoms with Crippen LogP contribution in [0, 0.1) is 0 Å². The molecule has 0 bridgehead atoms. The number of halogens is 3. The predicted molar refractivity (Wildman–Crippen MR) is 82.1 cm³/mol. The van der Waals surface area contributed by atoms with Crippen molar-refractivity contribution in [3.05, 3.63) is 70.5 Å². The Labute approximate surface area is 134 Å². The molecule has 3 aromatic rings. The van der Waals surface area contributed by atoms with Crippen molar-refractivity contribution in [2.75, 3.05) is 0 Å². The van der Waals surface area contributed by atoms with Gasteiger partial charge in [0.2, 0.25) is 0 Å². The van der Waals surface area contributed by atoms with Gasteiger partial charge in [-0.05, 0) is 17.7 Å². The average molecular weight is 356 g/mol. The van der Waals surface area contributed by atoms with Gasteiger partial charge >= 0.3 is 15.5 Å². The second-order valence-corrected chi connectivity index (χ2v) is 6.82. The van der Waals surface area contributed by atoms with Crippen molar-refractivity contribution in [1.82, 2.24) is 8.77 Å². The molecular formula is C15H11F3N2O3S. The minimum Gasteiger partial charge on any atom is -0.266 e. The van der Waals surface area contributed by atoms with Gasteiger partial charge < -0.3 is 0 Å². The zero-order valence-electron chi connectivity index (χ0n) is 12.1. The molecule has 3 rings (SSSR count). The Hall–Kier alpha value is -2.55. The molecule has 0 N–H and O–H groups in total. The van der Waals surface area contributed by atoms with Crippen LogP contribution in [0.2, 0.25) is 0 Å². The maximum atomic E-state index is 13.0. The number of nitrogens with zero attached hydrogens (tertiary/aromatic N) is 2. The number of hydrogen-bond acceptors (Lipinski definition) is 3. The lowest BCUT2D eigenvalue weighted by Gasteiger charge is -2.14. The van der Waals surface area contributed by atoms with Crippen LogP contribution >= 0.6 is 0 Å². The van der Waals surface area contributed by atoms with Crippen molar-refractivity contribution in [3.63, 3.8) is 0 Å². The molecule has 0 spiro atoms. The van der Waals surface area contributed by atoms with Gasteiger partial charge in [0, 0.05) is 0 Å². The monoisotopic (exact) mass is 356 g/mol. The lowest BCUT2D eigenvalue weighted by molar-refractivity contribution is -0.0453. The standard InChI is InChI=1S/C15H11F3N2O3S/c16-15(17,18)24(22,23)20-14(21)12-8-4-5-9-13(12)19(20)10-11-6-2-1-3-7-11/h1-9H,10H2. The summed E-state index contributed by atoms with van der Waals surface area (Å²) in [5, 5.41) is -0.0961. The van der Waals surface area contributed by atoms with Gasteiger partial charge in [-0.1, -0.05) is 42.5 Å². The first-order valence-corrected chi connectivity index (χ1v) is 8.24. The number of para-hydroxylation sites is 1. The third-order valence-corrected chi connectivity index (χ3v) is 4.90. The maximum Gasteiger partial charge on any atom is 0.518 e. The topological polar surface area (TPSA) is 61.1 Å². The van der Waals surface area contributed by atoms with Crippen molar-refractivity contribution in [2.24, 2.45) is 0 Å². The highest BCUT2D eigenvalue weighted by molar-refractivity contribution is 7.90. The molecule has 5 nitrogen and oxygen atoms in total.